The van der Waals surface area contributed by atoms with Crippen molar-refractivity contribution in [2.24, 2.45) is 0 Å². The highest BCUT2D eigenvalue weighted by Gasteiger charge is 2.14. The lowest BCUT2D eigenvalue weighted by Crippen LogP contribution is -2.26. The topological polar surface area (TPSA) is 89.0 Å². The number of ether oxygens (including phenoxy) is 1. The molecule has 7 nitrogen and oxygen atoms in total. The first kappa shape index (κ1) is 16.8. The fraction of sp³-hybridized carbons (Fsp3) is 0.176. The zero-order valence-electron chi connectivity index (χ0n) is 13.8. The van der Waals surface area contributed by atoms with Crippen molar-refractivity contribution >= 4 is 28.9 Å². The van der Waals surface area contributed by atoms with Crippen LogP contribution in [0.25, 0.3) is 0 Å². The average Bonchev–Trinajstić information content (AvgIpc) is 3.18. The summed E-state index contributed by atoms with van der Waals surface area (Å²) >= 11 is 1.39. The number of carbonyl (C=O) groups excluding carboxylic acids is 1. The molecule has 2 aromatic heterocycles. The number of thiophene rings is 1. The van der Waals surface area contributed by atoms with Crippen LogP contribution in [0, 0.1) is 0 Å². The van der Waals surface area contributed by atoms with Gasteiger partial charge in [-0.1, -0.05) is 6.07 Å². The molecule has 1 amide bonds. The molecular formula is C17H17N5O2S. The molecule has 0 aliphatic heterocycles. The lowest BCUT2D eigenvalue weighted by atomic mass is 10.2. The fourth-order valence-electron chi connectivity index (χ4n) is 2.09. The monoisotopic (exact) mass is 355 g/mol. The third-order valence-corrected chi connectivity index (χ3v) is 4.33. The van der Waals surface area contributed by atoms with Crippen molar-refractivity contribution in [3.63, 3.8) is 0 Å². The van der Waals surface area contributed by atoms with E-state index in [2.05, 4.69) is 25.8 Å². The molecule has 0 saturated heterocycles. The molecule has 3 rings (SSSR count). The zero-order chi connectivity index (χ0) is 17.6. The first-order valence-corrected chi connectivity index (χ1v) is 8.49. The predicted molar refractivity (Wildman–Crippen MR) is 96.3 cm³/mol. The van der Waals surface area contributed by atoms with E-state index in [0.29, 0.717) is 16.5 Å². The van der Waals surface area contributed by atoms with Crippen molar-refractivity contribution in [3.8, 4) is 5.75 Å². The minimum Gasteiger partial charge on any atom is -0.497 e. The summed E-state index contributed by atoms with van der Waals surface area (Å²) in [6, 6.07) is 10.7. The molecule has 25 heavy (non-hydrogen) atoms. The van der Waals surface area contributed by atoms with Gasteiger partial charge >= 0.3 is 0 Å². The van der Waals surface area contributed by atoms with Crippen LogP contribution >= 0.6 is 11.3 Å². The van der Waals surface area contributed by atoms with Gasteiger partial charge in [-0.15, -0.1) is 21.5 Å². The van der Waals surface area contributed by atoms with Crippen LogP contribution in [0.3, 0.4) is 0 Å². The first-order chi connectivity index (χ1) is 12.2. The number of nitrogens with zero attached hydrogens (tertiary/aromatic N) is 3. The number of anilines is 2. The van der Waals surface area contributed by atoms with Crippen LogP contribution < -0.4 is 15.4 Å². The number of methoxy groups -OCH3 is 1. The Morgan fingerprint density at radius 1 is 1.20 bits per heavy atom. The number of amides is 1. The Kier molecular flexibility index (Phi) is 5.20. The molecule has 2 N–H and O–H groups in total. The van der Waals surface area contributed by atoms with E-state index >= 15 is 0 Å². The van der Waals surface area contributed by atoms with Gasteiger partial charge in [0, 0.05) is 5.69 Å². The number of nitrogens with one attached hydrogen (secondary N) is 2. The van der Waals surface area contributed by atoms with Crippen molar-refractivity contribution in [2.75, 3.05) is 12.4 Å². The molecule has 0 aliphatic rings. The van der Waals surface area contributed by atoms with Crippen LogP contribution in [-0.4, -0.2) is 28.2 Å². The molecule has 0 saturated carbocycles. The molecule has 1 unspecified atom stereocenters. The third-order valence-electron chi connectivity index (χ3n) is 3.46. The van der Waals surface area contributed by atoms with Gasteiger partial charge in [0.25, 0.3) is 5.91 Å². The first-order valence-electron chi connectivity index (χ1n) is 7.61. The number of hydrogen-bond donors (Lipinski definition) is 2. The molecule has 2 heterocycles. The maximum Gasteiger partial charge on any atom is 0.261 e. The SMILES string of the molecule is COc1ccc(Nc2ncc(C(C)NC(=O)c3cccs3)nn2)cc1. The van der Waals surface area contributed by atoms with E-state index in [1.54, 1.807) is 19.4 Å². The largest absolute Gasteiger partial charge is 0.497 e. The van der Waals surface area contributed by atoms with Crippen molar-refractivity contribution in [1.82, 2.24) is 20.5 Å². The van der Waals surface area contributed by atoms with E-state index in [-0.39, 0.29) is 11.9 Å². The van der Waals surface area contributed by atoms with Gasteiger partial charge in [-0.2, -0.15) is 0 Å². The summed E-state index contributed by atoms with van der Waals surface area (Å²) in [5, 5.41) is 16.0. The van der Waals surface area contributed by atoms with E-state index in [9.17, 15) is 4.79 Å². The highest BCUT2D eigenvalue weighted by molar-refractivity contribution is 7.12. The second kappa shape index (κ2) is 7.71. The van der Waals surface area contributed by atoms with Crippen molar-refractivity contribution in [2.45, 2.75) is 13.0 Å². The van der Waals surface area contributed by atoms with Gasteiger partial charge in [-0.3, -0.25) is 4.79 Å². The molecule has 0 bridgehead atoms. The molecular weight excluding hydrogens is 338 g/mol. The summed E-state index contributed by atoms with van der Waals surface area (Å²) in [6.07, 6.45) is 1.60. The van der Waals surface area contributed by atoms with E-state index in [0.717, 1.165) is 11.4 Å². The molecule has 128 valence electrons. The van der Waals surface area contributed by atoms with E-state index < -0.39 is 0 Å². The van der Waals surface area contributed by atoms with Gasteiger partial charge in [-0.25, -0.2) is 4.98 Å². The molecule has 3 aromatic rings. The minimum atomic E-state index is -0.287. The zero-order valence-corrected chi connectivity index (χ0v) is 14.6. The maximum atomic E-state index is 12.1. The van der Waals surface area contributed by atoms with Crippen LogP contribution in [0.1, 0.15) is 28.3 Å². The number of benzene rings is 1. The van der Waals surface area contributed by atoms with Crippen molar-refractivity contribution < 1.29 is 9.53 Å². The minimum absolute atomic E-state index is 0.135. The lowest BCUT2D eigenvalue weighted by Gasteiger charge is -2.12. The smallest absolute Gasteiger partial charge is 0.261 e. The summed E-state index contributed by atoms with van der Waals surface area (Å²) in [4.78, 5) is 17.0. The summed E-state index contributed by atoms with van der Waals surface area (Å²) in [5.41, 5.74) is 1.42. The third kappa shape index (κ3) is 4.30. The maximum absolute atomic E-state index is 12.1. The van der Waals surface area contributed by atoms with Crippen LogP contribution in [0.4, 0.5) is 11.6 Å². The van der Waals surface area contributed by atoms with Crippen LogP contribution in [0.5, 0.6) is 5.75 Å². The van der Waals surface area contributed by atoms with Gasteiger partial charge in [0.15, 0.2) is 0 Å². The second-order valence-electron chi connectivity index (χ2n) is 5.23. The molecule has 0 fully saturated rings. The molecule has 1 aromatic carbocycles. The molecule has 1 atom stereocenters. The highest BCUT2D eigenvalue weighted by atomic mass is 32.1. The number of carbonyl (C=O) groups is 1. The van der Waals surface area contributed by atoms with E-state index in [4.69, 9.17) is 4.74 Å². The van der Waals surface area contributed by atoms with Gasteiger partial charge in [0.2, 0.25) is 5.95 Å². The lowest BCUT2D eigenvalue weighted by molar-refractivity contribution is 0.0943. The highest BCUT2D eigenvalue weighted by Crippen LogP contribution is 2.18. The van der Waals surface area contributed by atoms with Crippen LogP contribution in [0.15, 0.2) is 48.0 Å². The van der Waals surface area contributed by atoms with E-state index in [1.165, 1.54) is 11.3 Å². The Hall–Kier alpha value is -3.00. The van der Waals surface area contributed by atoms with Gasteiger partial charge < -0.3 is 15.4 Å². The van der Waals surface area contributed by atoms with Crippen LogP contribution in [0.2, 0.25) is 0 Å². The summed E-state index contributed by atoms with van der Waals surface area (Å²) in [7, 11) is 1.62. The Morgan fingerprint density at radius 2 is 2.00 bits per heavy atom. The van der Waals surface area contributed by atoms with Crippen LogP contribution in [-0.2, 0) is 0 Å². The normalized spacial score (nSPS) is 11.6. The van der Waals surface area contributed by atoms with Crippen molar-refractivity contribution in [3.05, 3.63) is 58.5 Å². The Labute approximate surface area is 149 Å². The van der Waals surface area contributed by atoms with Gasteiger partial charge in [-0.05, 0) is 42.6 Å². The van der Waals surface area contributed by atoms with Gasteiger partial charge in [0.05, 0.1) is 24.2 Å². The van der Waals surface area contributed by atoms with Gasteiger partial charge in [0.1, 0.15) is 11.4 Å². The second-order valence-corrected chi connectivity index (χ2v) is 6.18. The predicted octanol–water partition coefficient (Wildman–Crippen LogP) is 3.18. The quantitative estimate of drug-likeness (QED) is 0.706. The van der Waals surface area contributed by atoms with E-state index in [1.807, 2.05) is 42.6 Å². The Morgan fingerprint density at radius 3 is 2.60 bits per heavy atom. The molecule has 8 heteroatoms. The molecule has 0 aliphatic carbocycles. The number of aromatic nitrogens is 3. The standard InChI is InChI=1S/C17H17N5O2S/c1-11(19-16(23)15-4-3-9-25-15)14-10-18-17(22-21-14)20-12-5-7-13(24-2)8-6-12/h3-11H,1-2H3,(H,19,23)(H,18,20,22). The Balaban J connectivity index is 1.61. The summed E-state index contributed by atoms with van der Waals surface area (Å²) in [5.74, 6) is 1.02. The summed E-state index contributed by atoms with van der Waals surface area (Å²) < 4.78 is 5.11. The number of hydrogen-bond acceptors (Lipinski definition) is 7. The molecule has 0 spiro atoms. The molecule has 0 radical (unpaired) electrons. The average molecular weight is 355 g/mol. The number of rotatable bonds is 6. The van der Waals surface area contributed by atoms with Crippen molar-refractivity contribution in [1.29, 1.82) is 0 Å². The fourth-order valence-corrected chi connectivity index (χ4v) is 2.72. The summed E-state index contributed by atoms with van der Waals surface area (Å²) in [6.45, 7) is 1.84. The Bertz CT molecular complexity index is 819.